The van der Waals surface area contributed by atoms with Crippen molar-refractivity contribution < 1.29 is 4.79 Å². The highest BCUT2D eigenvalue weighted by Crippen LogP contribution is 2.08. The molecule has 0 fully saturated rings. The SMILES string of the molecule is CCN1C=CC(=O)[C@H]1C. The number of rotatable bonds is 1. The predicted octanol–water partition coefficient (Wildman–Crippen LogP) is 0.793. The Bertz CT molecular complexity index is 151. The van der Waals surface area contributed by atoms with Crippen LogP contribution in [0, 0.1) is 0 Å². The molecule has 1 aliphatic rings. The van der Waals surface area contributed by atoms with E-state index in [1.165, 1.54) is 0 Å². The molecule has 0 saturated carbocycles. The standard InChI is InChI=1S/C7H11NO/c1-3-8-5-4-7(9)6(8)2/h4-6H,3H2,1-2H3/t6-/m1/s1. The summed E-state index contributed by atoms with van der Waals surface area (Å²) in [4.78, 5) is 12.8. The molecule has 0 unspecified atom stereocenters. The van der Waals surface area contributed by atoms with Gasteiger partial charge in [0.1, 0.15) is 0 Å². The second-order valence-electron chi connectivity index (χ2n) is 2.22. The second-order valence-corrected chi connectivity index (χ2v) is 2.22. The molecule has 0 aromatic rings. The van der Waals surface area contributed by atoms with Crippen LogP contribution in [0.4, 0.5) is 0 Å². The van der Waals surface area contributed by atoms with Crippen LogP contribution >= 0.6 is 0 Å². The van der Waals surface area contributed by atoms with Crippen molar-refractivity contribution in [3.8, 4) is 0 Å². The predicted molar refractivity (Wildman–Crippen MR) is 36.0 cm³/mol. The molecule has 2 heteroatoms. The maximum Gasteiger partial charge on any atom is 0.179 e. The van der Waals surface area contributed by atoms with Gasteiger partial charge in [-0.3, -0.25) is 4.79 Å². The Kier molecular flexibility index (Phi) is 1.56. The van der Waals surface area contributed by atoms with E-state index in [1.54, 1.807) is 6.08 Å². The van der Waals surface area contributed by atoms with Crippen LogP contribution in [-0.2, 0) is 4.79 Å². The van der Waals surface area contributed by atoms with Crippen molar-refractivity contribution in [2.75, 3.05) is 6.54 Å². The van der Waals surface area contributed by atoms with Gasteiger partial charge in [-0.05, 0) is 19.9 Å². The van der Waals surface area contributed by atoms with E-state index in [-0.39, 0.29) is 11.8 Å². The van der Waals surface area contributed by atoms with Gasteiger partial charge >= 0.3 is 0 Å². The first-order valence-electron chi connectivity index (χ1n) is 3.23. The number of hydrogen-bond acceptors (Lipinski definition) is 2. The first-order chi connectivity index (χ1) is 4.25. The molecule has 1 heterocycles. The van der Waals surface area contributed by atoms with Gasteiger partial charge in [0.25, 0.3) is 0 Å². The summed E-state index contributed by atoms with van der Waals surface area (Å²) < 4.78 is 0. The summed E-state index contributed by atoms with van der Waals surface area (Å²) in [5.41, 5.74) is 0. The summed E-state index contributed by atoms with van der Waals surface area (Å²) in [7, 11) is 0. The van der Waals surface area contributed by atoms with Crippen LogP contribution in [0.25, 0.3) is 0 Å². The summed E-state index contributed by atoms with van der Waals surface area (Å²) in [6.07, 6.45) is 3.49. The van der Waals surface area contributed by atoms with Crippen LogP contribution in [0.2, 0.25) is 0 Å². The van der Waals surface area contributed by atoms with Crippen LogP contribution < -0.4 is 0 Å². The van der Waals surface area contributed by atoms with Crippen LogP contribution in [0.1, 0.15) is 13.8 Å². The van der Waals surface area contributed by atoms with Gasteiger partial charge in [-0.15, -0.1) is 0 Å². The highest BCUT2D eigenvalue weighted by Gasteiger charge is 2.19. The monoisotopic (exact) mass is 125 g/mol. The molecule has 0 amide bonds. The lowest BCUT2D eigenvalue weighted by Gasteiger charge is -2.17. The fourth-order valence-electron chi connectivity index (χ4n) is 0.980. The summed E-state index contributed by atoms with van der Waals surface area (Å²) in [6, 6.07) is 0.0787. The van der Waals surface area contributed by atoms with Crippen molar-refractivity contribution in [2.24, 2.45) is 0 Å². The van der Waals surface area contributed by atoms with E-state index in [4.69, 9.17) is 0 Å². The molecule has 2 nitrogen and oxygen atoms in total. The maximum absolute atomic E-state index is 10.8. The number of likely N-dealkylation sites (N-methyl/N-ethyl adjacent to an activating group) is 1. The summed E-state index contributed by atoms with van der Waals surface area (Å²) in [5, 5.41) is 0. The lowest BCUT2D eigenvalue weighted by molar-refractivity contribution is -0.116. The number of carbonyl (C=O) groups is 1. The van der Waals surface area contributed by atoms with E-state index >= 15 is 0 Å². The molecule has 1 aliphatic heterocycles. The van der Waals surface area contributed by atoms with Crippen LogP contribution in [0.5, 0.6) is 0 Å². The zero-order valence-electron chi connectivity index (χ0n) is 5.79. The Morgan fingerprint density at radius 3 is 2.67 bits per heavy atom. The van der Waals surface area contributed by atoms with Gasteiger partial charge in [0.15, 0.2) is 5.78 Å². The largest absolute Gasteiger partial charge is 0.367 e. The molecular formula is C7H11NO. The smallest absolute Gasteiger partial charge is 0.179 e. The topological polar surface area (TPSA) is 20.3 Å². The van der Waals surface area contributed by atoms with E-state index in [9.17, 15) is 4.79 Å². The minimum Gasteiger partial charge on any atom is -0.367 e. The third-order valence-corrected chi connectivity index (χ3v) is 1.70. The molecule has 1 rings (SSSR count). The molecule has 0 spiro atoms. The number of ketones is 1. The van der Waals surface area contributed by atoms with Crippen molar-refractivity contribution in [1.82, 2.24) is 4.90 Å². The van der Waals surface area contributed by atoms with E-state index in [1.807, 2.05) is 24.9 Å². The lowest BCUT2D eigenvalue weighted by atomic mass is 10.2. The Hall–Kier alpha value is -0.790. The minimum absolute atomic E-state index is 0.0787. The molecule has 0 saturated heterocycles. The van der Waals surface area contributed by atoms with Gasteiger partial charge in [0.05, 0.1) is 6.04 Å². The molecule has 1 atom stereocenters. The average molecular weight is 125 g/mol. The first kappa shape index (κ1) is 6.33. The van der Waals surface area contributed by atoms with Crippen LogP contribution in [0.3, 0.4) is 0 Å². The molecule has 0 N–H and O–H groups in total. The molecule has 9 heavy (non-hydrogen) atoms. The van der Waals surface area contributed by atoms with Crippen molar-refractivity contribution in [3.05, 3.63) is 12.3 Å². The van der Waals surface area contributed by atoms with E-state index in [0.29, 0.717) is 0 Å². The van der Waals surface area contributed by atoms with E-state index in [0.717, 1.165) is 6.54 Å². The lowest BCUT2D eigenvalue weighted by Crippen LogP contribution is -2.28. The average Bonchev–Trinajstić information content (AvgIpc) is 2.15. The van der Waals surface area contributed by atoms with Gasteiger partial charge in [-0.1, -0.05) is 0 Å². The Balaban J connectivity index is 2.62. The van der Waals surface area contributed by atoms with Crippen LogP contribution in [0.15, 0.2) is 12.3 Å². The van der Waals surface area contributed by atoms with Gasteiger partial charge in [0, 0.05) is 12.7 Å². The highest BCUT2D eigenvalue weighted by atomic mass is 16.1. The number of nitrogens with zero attached hydrogens (tertiary/aromatic N) is 1. The third-order valence-electron chi connectivity index (χ3n) is 1.70. The van der Waals surface area contributed by atoms with Gasteiger partial charge in [-0.25, -0.2) is 0 Å². The van der Waals surface area contributed by atoms with Gasteiger partial charge in [-0.2, -0.15) is 0 Å². The number of hydrogen-bond donors (Lipinski definition) is 0. The van der Waals surface area contributed by atoms with E-state index < -0.39 is 0 Å². The van der Waals surface area contributed by atoms with Crippen molar-refractivity contribution >= 4 is 5.78 Å². The fraction of sp³-hybridized carbons (Fsp3) is 0.571. The van der Waals surface area contributed by atoms with Crippen molar-refractivity contribution in [2.45, 2.75) is 19.9 Å². The minimum atomic E-state index is 0.0787. The van der Waals surface area contributed by atoms with Gasteiger partial charge in [0.2, 0.25) is 0 Å². The Morgan fingerprint density at radius 2 is 2.44 bits per heavy atom. The highest BCUT2D eigenvalue weighted by molar-refractivity contribution is 5.96. The van der Waals surface area contributed by atoms with Crippen LogP contribution in [-0.4, -0.2) is 23.3 Å². The van der Waals surface area contributed by atoms with Crippen molar-refractivity contribution in [1.29, 1.82) is 0 Å². The molecule has 0 radical (unpaired) electrons. The third kappa shape index (κ3) is 0.969. The summed E-state index contributed by atoms with van der Waals surface area (Å²) in [6.45, 7) is 4.88. The Morgan fingerprint density at radius 1 is 1.78 bits per heavy atom. The molecular weight excluding hydrogens is 114 g/mol. The second kappa shape index (κ2) is 2.21. The zero-order chi connectivity index (χ0) is 6.85. The van der Waals surface area contributed by atoms with E-state index in [2.05, 4.69) is 0 Å². The molecule has 0 aromatic heterocycles. The maximum atomic E-state index is 10.8. The number of carbonyl (C=O) groups excluding carboxylic acids is 1. The first-order valence-corrected chi connectivity index (χ1v) is 3.23. The molecule has 0 aromatic carbocycles. The van der Waals surface area contributed by atoms with Gasteiger partial charge < -0.3 is 4.90 Å². The summed E-state index contributed by atoms with van der Waals surface area (Å²) >= 11 is 0. The van der Waals surface area contributed by atoms with Crippen molar-refractivity contribution in [3.63, 3.8) is 0 Å². The quantitative estimate of drug-likeness (QED) is 0.516. The molecule has 0 bridgehead atoms. The zero-order valence-corrected chi connectivity index (χ0v) is 5.79. The molecule has 0 aliphatic carbocycles. The summed E-state index contributed by atoms with van der Waals surface area (Å²) in [5.74, 6) is 0.219. The normalized spacial score (nSPS) is 25.8. The Labute approximate surface area is 55.2 Å². The molecule has 50 valence electrons. The fourth-order valence-corrected chi connectivity index (χ4v) is 0.980.